The van der Waals surface area contributed by atoms with Gasteiger partial charge in [0, 0.05) is 5.41 Å². The Hall–Kier alpha value is -1.56. The summed E-state index contributed by atoms with van der Waals surface area (Å²) in [6.07, 6.45) is 10.0. The van der Waals surface area contributed by atoms with Crippen LogP contribution in [0.2, 0.25) is 0 Å². The van der Waals surface area contributed by atoms with Crippen LogP contribution >= 0.6 is 0 Å². The van der Waals surface area contributed by atoms with Crippen molar-refractivity contribution < 1.29 is 0 Å². The van der Waals surface area contributed by atoms with Crippen molar-refractivity contribution in [3.05, 3.63) is 70.8 Å². The third-order valence-corrected chi connectivity index (χ3v) is 4.84. The fourth-order valence-electron chi connectivity index (χ4n) is 3.90. The molecule has 1 aromatic rings. The Labute approximate surface area is 130 Å². The van der Waals surface area contributed by atoms with E-state index in [1.165, 1.54) is 22.3 Å². The Kier molecular flexibility index (Phi) is 4.27. The minimum Gasteiger partial charge on any atom is -0.0877 e. The van der Waals surface area contributed by atoms with Crippen LogP contribution in [-0.4, -0.2) is 0 Å². The highest BCUT2D eigenvalue weighted by atomic mass is 14.5. The molecule has 1 unspecified atom stereocenters. The van der Waals surface area contributed by atoms with Gasteiger partial charge in [0.15, 0.2) is 0 Å². The Morgan fingerprint density at radius 1 is 0.952 bits per heavy atom. The quantitative estimate of drug-likeness (QED) is 0.611. The smallest absolute Gasteiger partial charge is 0.0182 e. The van der Waals surface area contributed by atoms with E-state index in [-0.39, 0.29) is 10.8 Å². The maximum atomic E-state index is 2.39. The molecule has 1 fully saturated rings. The van der Waals surface area contributed by atoms with Crippen LogP contribution in [0.5, 0.6) is 0 Å². The zero-order valence-corrected chi connectivity index (χ0v) is 14.3. The van der Waals surface area contributed by atoms with Crippen LogP contribution in [-0.2, 0) is 5.41 Å². The molecule has 0 aliphatic heterocycles. The maximum absolute atomic E-state index is 2.39. The van der Waals surface area contributed by atoms with Gasteiger partial charge in [-0.3, -0.25) is 0 Å². The summed E-state index contributed by atoms with van der Waals surface area (Å²) in [6, 6.07) is 9.06. The Balaban J connectivity index is 2.57. The molecule has 0 bridgehead atoms. The SMILES string of the molecule is C\C=C/C=C1\C(=C/C)C(C)(c2ccc(C)cc2)CC1(C)C. The topological polar surface area (TPSA) is 0 Å². The van der Waals surface area contributed by atoms with Gasteiger partial charge in [-0.15, -0.1) is 0 Å². The predicted molar refractivity (Wildman–Crippen MR) is 93.6 cm³/mol. The van der Waals surface area contributed by atoms with Gasteiger partial charge in [-0.25, -0.2) is 0 Å². The molecule has 0 N–H and O–H groups in total. The van der Waals surface area contributed by atoms with Crippen molar-refractivity contribution in [1.82, 2.24) is 0 Å². The molecule has 0 heteroatoms. The molecule has 112 valence electrons. The van der Waals surface area contributed by atoms with Gasteiger partial charge in [-0.1, -0.05) is 74.9 Å². The van der Waals surface area contributed by atoms with Gasteiger partial charge in [0.25, 0.3) is 0 Å². The summed E-state index contributed by atoms with van der Waals surface area (Å²) in [6.45, 7) is 13.5. The lowest BCUT2D eigenvalue weighted by molar-refractivity contribution is 0.388. The van der Waals surface area contributed by atoms with E-state index in [0.29, 0.717) is 0 Å². The molecule has 1 aromatic carbocycles. The van der Waals surface area contributed by atoms with Crippen molar-refractivity contribution >= 4 is 0 Å². The van der Waals surface area contributed by atoms with E-state index in [9.17, 15) is 0 Å². The van der Waals surface area contributed by atoms with Crippen molar-refractivity contribution in [1.29, 1.82) is 0 Å². The molecule has 2 rings (SSSR count). The van der Waals surface area contributed by atoms with Gasteiger partial charge < -0.3 is 0 Å². The number of hydrogen-bond donors (Lipinski definition) is 0. The largest absolute Gasteiger partial charge is 0.0877 e. The fourth-order valence-corrected chi connectivity index (χ4v) is 3.90. The Morgan fingerprint density at radius 2 is 1.57 bits per heavy atom. The van der Waals surface area contributed by atoms with E-state index in [1.54, 1.807) is 0 Å². The summed E-state index contributed by atoms with van der Waals surface area (Å²) >= 11 is 0. The minimum atomic E-state index is 0.110. The van der Waals surface area contributed by atoms with Crippen LogP contribution in [0.3, 0.4) is 0 Å². The molecule has 0 spiro atoms. The molecular formula is C21H28. The summed E-state index contributed by atoms with van der Waals surface area (Å²) in [4.78, 5) is 0. The van der Waals surface area contributed by atoms with Crippen molar-refractivity contribution in [2.24, 2.45) is 5.41 Å². The Morgan fingerprint density at radius 3 is 2.10 bits per heavy atom. The first-order chi connectivity index (χ1) is 9.85. The molecule has 0 amide bonds. The van der Waals surface area contributed by atoms with Crippen molar-refractivity contribution in [2.45, 2.75) is 53.4 Å². The zero-order chi connectivity index (χ0) is 15.7. The molecule has 0 nitrogen and oxygen atoms in total. The average Bonchev–Trinajstić information content (AvgIpc) is 2.63. The first kappa shape index (κ1) is 15.8. The van der Waals surface area contributed by atoms with Crippen molar-refractivity contribution in [3.8, 4) is 0 Å². The molecular weight excluding hydrogens is 252 g/mol. The summed E-state index contributed by atoms with van der Waals surface area (Å²) in [5, 5.41) is 0. The van der Waals surface area contributed by atoms with E-state index >= 15 is 0 Å². The van der Waals surface area contributed by atoms with Crippen molar-refractivity contribution in [3.63, 3.8) is 0 Å². The normalized spacial score (nSPS) is 28.9. The molecule has 1 atom stereocenters. The highest BCUT2D eigenvalue weighted by molar-refractivity contribution is 5.55. The average molecular weight is 280 g/mol. The van der Waals surface area contributed by atoms with Crippen LogP contribution in [0.25, 0.3) is 0 Å². The highest BCUT2D eigenvalue weighted by Gasteiger charge is 2.47. The number of rotatable bonds is 2. The van der Waals surface area contributed by atoms with Crippen LogP contribution in [0.1, 0.15) is 52.2 Å². The van der Waals surface area contributed by atoms with Gasteiger partial charge in [-0.05, 0) is 49.3 Å². The van der Waals surface area contributed by atoms with Gasteiger partial charge in [0.2, 0.25) is 0 Å². The summed E-state index contributed by atoms with van der Waals surface area (Å²) in [5.41, 5.74) is 6.03. The lowest BCUT2D eigenvalue weighted by Crippen LogP contribution is -2.21. The minimum absolute atomic E-state index is 0.110. The molecule has 1 aliphatic rings. The van der Waals surface area contributed by atoms with Gasteiger partial charge in [0.1, 0.15) is 0 Å². The van der Waals surface area contributed by atoms with Crippen LogP contribution in [0.4, 0.5) is 0 Å². The third kappa shape index (κ3) is 2.77. The Bertz CT molecular complexity index is 593. The monoisotopic (exact) mass is 280 g/mol. The summed E-state index contributed by atoms with van der Waals surface area (Å²) in [5.74, 6) is 0. The second-order valence-corrected chi connectivity index (χ2v) is 7.07. The number of benzene rings is 1. The van der Waals surface area contributed by atoms with Crippen LogP contribution in [0, 0.1) is 12.3 Å². The van der Waals surface area contributed by atoms with Crippen LogP contribution < -0.4 is 0 Å². The number of hydrogen-bond acceptors (Lipinski definition) is 0. The van der Waals surface area contributed by atoms with Gasteiger partial charge >= 0.3 is 0 Å². The molecule has 0 saturated heterocycles. The summed E-state index contributed by atoms with van der Waals surface area (Å²) < 4.78 is 0. The van der Waals surface area contributed by atoms with Gasteiger partial charge in [-0.2, -0.15) is 0 Å². The standard InChI is InChI=1S/C21H28/c1-7-9-10-19-18(8-2)21(6,15-20(19,4)5)17-13-11-16(3)12-14-17/h7-14H,15H2,1-6H3/b9-7-,18-8+,19-10+. The molecule has 0 heterocycles. The second kappa shape index (κ2) is 5.67. The molecule has 21 heavy (non-hydrogen) atoms. The molecule has 1 aliphatic carbocycles. The maximum Gasteiger partial charge on any atom is 0.0182 e. The summed E-state index contributed by atoms with van der Waals surface area (Å²) in [7, 11) is 0. The van der Waals surface area contributed by atoms with E-state index in [4.69, 9.17) is 0 Å². The first-order valence-corrected chi connectivity index (χ1v) is 7.93. The molecule has 0 radical (unpaired) electrons. The lowest BCUT2D eigenvalue weighted by atomic mass is 9.75. The second-order valence-electron chi connectivity index (χ2n) is 7.07. The highest BCUT2D eigenvalue weighted by Crippen LogP contribution is 2.57. The molecule has 0 aromatic heterocycles. The fraction of sp³-hybridized carbons (Fsp3) is 0.429. The van der Waals surface area contributed by atoms with E-state index < -0.39 is 0 Å². The van der Waals surface area contributed by atoms with Crippen LogP contribution in [0.15, 0.2) is 59.7 Å². The number of aryl methyl sites for hydroxylation is 1. The zero-order valence-electron chi connectivity index (χ0n) is 14.3. The van der Waals surface area contributed by atoms with E-state index in [1.807, 2.05) is 0 Å². The van der Waals surface area contributed by atoms with E-state index in [0.717, 1.165) is 6.42 Å². The first-order valence-electron chi connectivity index (χ1n) is 7.93. The molecule has 1 saturated carbocycles. The van der Waals surface area contributed by atoms with Crippen molar-refractivity contribution in [2.75, 3.05) is 0 Å². The number of allylic oxidation sites excluding steroid dienone is 6. The van der Waals surface area contributed by atoms with E-state index in [2.05, 4.69) is 90.1 Å². The lowest BCUT2D eigenvalue weighted by Gasteiger charge is -2.28. The third-order valence-electron chi connectivity index (χ3n) is 4.84. The predicted octanol–water partition coefficient (Wildman–Crippen LogP) is 6.13. The van der Waals surface area contributed by atoms with Gasteiger partial charge in [0.05, 0.1) is 0 Å².